The van der Waals surface area contributed by atoms with Crippen molar-refractivity contribution in [3.8, 4) is 0 Å². The van der Waals surface area contributed by atoms with Crippen molar-refractivity contribution in [1.29, 1.82) is 0 Å². The number of benzene rings is 1. The molecule has 0 bridgehead atoms. The summed E-state index contributed by atoms with van der Waals surface area (Å²) in [5, 5.41) is 0. The summed E-state index contributed by atoms with van der Waals surface area (Å²) in [4.78, 5) is 25.6. The number of rotatable bonds is 7. The zero-order valence-electron chi connectivity index (χ0n) is 15.1. The molecular formula is C22H22N4O. The Bertz CT molecular complexity index is 829. The molecule has 2 unspecified atom stereocenters. The summed E-state index contributed by atoms with van der Waals surface area (Å²) in [6.07, 6.45) is 7.13. The molecule has 1 saturated heterocycles. The highest BCUT2D eigenvalue weighted by atomic mass is 16.2. The first-order valence-electron chi connectivity index (χ1n) is 9.14. The number of hydrogen-bond donors (Lipinski definition) is 0. The van der Waals surface area contributed by atoms with Crippen LogP contribution in [0.25, 0.3) is 0 Å². The Kier molecular flexibility index (Phi) is 5.21. The van der Waals surface area contributed by atoms with Crippen LogP contribution >= 0.6 is 0 Å². The van der Waals surface area contributed by atoms with Crippen LogP contribution in [0.2, 0.25) is 0 Å². The first-order chi connectivity index (χ1) is 13.3. The first-order valence-corrected chi connectivity index (χ1v) is 9.14. The fourth-order valence-electron chi connectivity index (χ4n) is 3.25. The minimum absolute atomic E-state index is 0.0430. The van der Waals surface area contributed by atoms with Gasteiger partial charge in [-0.15, -0.1) is 0 Å². The number of aromatic nitrogens is 2. The molecule has 2 atom stereocenters. The highest BCUT2D eigenvalue weighted by molar-refractivity contribution is 5.84. The zero-order valence-corrected chi connectivity index (χ0v) is 15.1. The summed E-state index contributed by atoms with van der Waals surface area (Å²) >= 11 is 0. The van der Waals surface area contributed by atoms with E-state index < -0.39 is 0 Å². The molecule has 1 aromatic carbocycles. The molecule has 0 spiro atoms. The van der Waals surface area contributed by atoms with Crippen LogP contribution in [0.5, 0.6) is 0 Å². The third kappa shape index (κ3) is 4.57. The average Bonchev–Trinajstić information content (AvgIpc) is 3.48. The Morgan fingerprint density at radius 3 is 2.04 bits per heavy atom. The van der Waals surface area contributed by atoms with E-state index >= 15 is 0 Å². The lowest BCUT2D eigenvalue weighted by molar-refractivity contribution is -0.132. The third-order valence-corrected chi connectivity index (χ3v) is 4.73. The van der Waals surface area contributed by atoms with Gasteiger partial charge in [0.05, 0.1) is 0 Å². The number of amides is 1. The van der Waals surface area contributed by atoms with Gasteiger partial charge in [0.15, 0.2) is 0 Å². The maximum atomic E-state index is 13.2. The van der Waals surface area contributed by atoms with Gasteiger partial charge >= 0.3 is 0 Å². The summed E-state index contributed by atoms with van der Waals surface area (Å²) in [6.45, 7) is 2.73. The predicted molar refractivity (Wildman–Crippen MR) is 103 cm³/mol. The molecule has 2 aromatic heterocycles. The molecule has 3 heterocycles. The molecule has 1 aliphatic heterocycles. The maximum Gasteiger partial charge on any atom is 0.241 e. The van der Waals surface area contributed by atoms with Crippen LogP contribution in [-0.4, -0.2) is 38.3 Å². The maximum absolute atomic E-state index is 13.2. The lowest BCUT2D eigenvalue weighted by Gasteiger charge is -2.23. The highest BCUT2D eigenvalue weighted by Crippen LogP contribution is 2.24. The van der Waals surface area contributed by atoms with Crippen LogP contribution in [0.15, 0.2) is 79.4 Å². The Morgan fingerprint density at radius 2 is 1.48 bits per heavy atom. The molecule has 1 fully saturated rings. The number of carbonyl (C=O) groups excluding carboxylic acids is 1. The average molecular weight is 358 g/mol. The number of hydrogen-bond acceptors (Lipinski definition) is 4. The molecule has 136 valence electrons. The topological polar surface area (TPSA) is 49.1 Å². The number of pyridine rings is 2. The molecule has 5 heteroatoms. The van der Waals surface area contributed by atoms with Crippen molar-refractivity contribution >= 4 is 5.91 Å². The van der Waals surface area contributed by atoms with Gasteiger partial charge in [0, 0.05) is 51.0 Å². The molecule has 1 aliphatic rings. The number of carbonyl (C=O) groups is 1. The van der Waals surface area contributed by atoms with Gasteiger partial charge in [0.2, 0.25) is 5.91 Å². The van der Waals surface area contributed by atoms with Crippen LogP contribution in [0.3, 0.4) is 0 Å². The van der Waals surface area contributed by atoms with E-state index in [4.69, 9.17) is 0 Å². The van der Waals surface area contributed by atoms with Gasteiger partial charge in [-0.05, 0) is 28.8 Å². The van der Waals surface area contributed by atoms with Gasteiger partial charge in [-0.25, -0.2) is 0 Å². The molecular weight excluding hydrogens is 336 g/mol. The van der Waals surface area contributed by atoms with Crippen molar-refractivity contribution in [2.75, 3.05) is 6.54 Å². The predicted octanol–water partition coefficient (Wildman–Crippen LogP) is 2.89. The van der Waals surface area contributed by atoms with Crippen LogP contribution in [0.1, 0.15) is 16.7 Å². The molecule has 1 amide bonds. The zero-order chi connectivity index (χ0) is 18.5. The Balaban J connectivity index is 1.45. The van der Waals surface area contributed by atoms with Crippen molar-refractivity contribution < 1.29 is 4.79 Å². The quantitative estimate of drug-likeness (QED) is 0.610. The van der Waals surface area contributed by atoms with E-state index in [1.165, 1.54) is 5.56 Å². The highest BCUT2D eigenvalue weighted by Gasteiger charge is 2.42. The third-order valence-electron chi connectivity index (χ3n) is 4.73. The standard InChI is InChI=1S/C22H22N4O/c27-22(21-17-25(21)14-18-6-2-1-3-7-18)26(15-19-8-4-10-23-12-19)16-20-9-5-11-24-13-20/h1-13,21H,14-17H2. The smallest absolute Gasteiger partial charge is 0.241 e. The summed E-state index contributed by atoms with van der Waals surface area (Å²) in [5.41, 5.74) is 3.30. The normalized spacial score (nSPS) is 18.1. The monoisotopic (exact) mass is 358 g/mol. The van der Waals surface area contributed by atoms with Crippen LogP contribution < -0.4 is 0 Å². The van der Waals surface area contributed by atoms with Crippen LogP contribution in [0.4, 0.5) is 0 Å². The Labute approximate surface area is 159 Å². The number of nitrogens with zero attached hydrogens (tertiary/aromatic N) is 4. The van der Waals surface area contributed by atoms with Gasteiger partial charge in [0.25, 0.3) is 0 Å². The lowest BCUT2D eigenvalue weighted by Crippen LogP contribution is -2.35. The second kappa shape index (κ2) is 8.10. The van der Waals surface area contributed by atoms with Crippen molar-refractivity contribution in [2.45, 2.75) is 25.7 Å². The van der Waals surface area contributed by atoms with Crippen molar-refractivity contribution in [2.24, 2.45) is 0 Å². The van der Waals surface area contributed by atoms with E-state index in [2.05, 4.69) is 27.0 Å². The van der Waals surface area contributed by atoms with Gasteiger partial charge in [0.1, 0.15) is 6.04 Å². The van der Waals surface area contributed by atoms with Gasteiger partial charge in [-0.2, -0.15) is 0 Å². The molecule has 27 heavy (non-hydrogen) atoms. The molecule has 0 saturated carbocycles. The first kappa shape index (κ1) is 17.4. The molecule has 0 N–H and O–H groups in total. The fraction of sp³-hybridized carbons (Fsp3) is 0.227. The molecule has 0 radical (unpaired) electrons. The second-order valence-electron chi connectivity index (χ2n) is 6.85. The van der Waals surface area contributed by atoms with E-state index in [9.17, 15) is 4.79 Å². The van der Waals surface area contributed by atoms with E-state index in [0.29, 0.717) is 13.1 Å². The Hall–Kier alpha value is -3.05. The van der Waals surface area contributed by atoms with Crippen molar-refractivity contribution in [3.63, 3.8) is 0 Å². The van der Waals surface area contributed by atoms with E-state index in [0.717, 1.165) is 24.2 Å². The SMILES string of the molecule is O=C(C1CN1Cc1ccccc1)N(Cc1cccnc1)Cc1cccnc1. The molecule has 5 nitrogen and oxygen atoms in total. The largest absolute Gasteiger partial charge is 0.333 e. The lowest BCUT2D eigenvalue weighted by atomic mass is 10.2. The van der Waals surface area contributed by atoms with Crippen molar-refractivity contribution in [3.05, 3.63) is 96.1 Å². The minimum Gasteiger partial charge on any atom is -0.333 e. The summed E-state index contributed by atoms with van der Waals surface area (Å²) in [6, 6.07) is 18.1. The fourth-order valence-corrected chi connectivity index (χ4v) is 3.25. The van der Waals surface area contributed by atoms with Crippen molar-refractivity contribution in [1.82, 2.24) is 19.8 Å². The molecule has 3 aromatic rings. The minimum atomic E-state index is -0.0430. The summed E-state index contributed by atoms with van der Waals surface area (Å²) in [5.74, 6) is 0.165. The molecule has 4 rings (SSSR count). The van der Waals surface area contributed by atoms with E-state index in [-0.39, 0.29) is 11.9 Å². The summed E-state index contributed by atoms with van der Waals surface area (Å²) in [7, 11) is 0. The summed E-state index contributed by atoms with van der Waals surface area (Å²) < 4.78 is 0. The van der Waals surface area contributed by atoms with Gasteiger partial charge in [-0.3, -0.25) is 19.7 Å². The van der Waals surface area contributed by atoms with Gasteiger partial charge < -0.3 is 4.90 Å². The van der Waals surface area contributed by atoms with E-state index in [1.54, 1.807) is 12.4 Å². The van der Waals surface area contributed by atoms with Gasteiger partial charge in [-0.1, -0.05) is 42.5 Å². The molecule has 0 aliphatic carbocycles. The van der Waals surface area contributed by atoms with Crippen LogP contribution in [0, 0.1) is 0 Å². The second-order valence-corrected chi connectivity index (χ2v) is 6.85. The van der Waals surface area contributed by atoms with E-state index in [1.807, 2.05) is 59.8 Å². The van der Waals surface area contributed by atoms with Crippen LogP contribution in [-0.2, 0) is 24.4 Å². The Morgan fingerprint density at radius 1 is 0.889 bits per heavy atom.